The average Bonchev–Trinajstić information content (AvgIpc) is 3.29. The van der Waals surface area contributed by atoms with Crippen molar-refractivity contribution in [2.75, 3.05) is 13.1 Å². The van der Waals surface area contributed by atoms with E-state index in [2.05, 4.69) is 19.7 Å². The largest absolute Gasteiger partial charge is 0.491 e. The van der Waals surface area contributed by atoms with Crippen LogP contribution in [0.2, 0.25) is 0 Å². The molecule has 1 fully saturated rings. The topological polar surface area (TPSA) is 97.4 Å². The fourth-order valence-corrected chi connectivity index (χ4v) is 3.91. The summed E-state index contributed by atoms with van der Waals surface area (Å²) in [5.41, 5.74) is 1.30. The molecular weight excluding hydrogens is 503 g/mol. The zero-order valence-electron chi connectivity index (χ0n) is 18.8. The number of nitrogens with zero attached hydrogens (tertiary/aromatic N) is 3. The van der Waals surface area contributed by atoms with Crippen molar-refractivity contribution in [1.82, 2.24) is 19.9 Å². The minimum Gasteiger partial charge on any atom is -0.463 e. The van der Waals surface area contributed by atoms with Crippen molar-refractivity contribution < 1.29 is 41.0 Å². The number of esters is 1. The summed E-state index contributed by atoms with van der Waals surface area (Å²) < 4.78 is 78.0. The molecule has 1 aliphatic heterocycles. The van der Waals surface area contributed by atoms with E-state index in [9.17, 15) is 31.5 Å². The number of hydrogen-bond acceptors (Lipinski definition) is 6. The Balaban J connectivity index is 1.44. The van der Waals surface area contributed by atoms with Gasteiger partial charge in [0.15, 0.2) is 17.7 Å². The van der Waals surface area contributed by atoms with Crippen LogP contribution in [0.25, 0.3) is 21.9 Å². The number of piperidine rings is 1. The number of aromatic nitrogens is 3. The van der Waals surface area contributed by atoms with Gasteiger partial charge in [0.2, 0.25) is 0 Å². The van der Waals surface area contributed by atoms with Gasteiger partial charge in [0, 0.05) is 18.4 Å². The summed E-state index contributed by atoms with van der Waals surface area (Å²) in [6, 6.07) is 14.0. The Morgan fingerprint density at radius 1 is 1.03 bits per heavy atom. The lowest BCUT2D eigenvalue weighted by molar-refractivity contribution is -0.190. The molecule has 1 aliphatic rings. The molecule has 2 aromatic heterocycles. The molecule has 0 bridgehead atoms. The number of ether oxygens (including phenoxy) is 2. The number of pyridine rings is 1. The number of likely N-dealkylation sites (tertiary alicyclic amines) is 1. The predicted octanol–water partition coefficient (Wildman–Crippen LogP) is 4.51. The third kappa shape index (κ3) is 4.88. The fourth-order valence-electron chi connectivity index (χ4n) is 3.91. The van der Waals surface area contributed by atoms with E-state index in [1.807, 2.05) is 0 Å². The summed E-state index contributed by atoms with van der Waals surface area (Å²) in [5.74, 6) is -8.27. The van der Waals surface area contributed by atoms with Crippen molar-refractivity contribution in [3.63, 3.8) is 0 Å². The summed E-state index contributed by atoms with van der Waals surface area (Å²) in [6.45, 7) is -0.937. The van der Waals surface area contributed by atoms with E-state index < -0.39 is 54.7 Å². The van der Waals surface area contributed by atoms with Gasteiger partial charge in [0.1, 0.15) is 0 Å². The van der Waals surface area contributed by atoms with Crippen LogP contribution in [-0.4, -0.2) is 63.0 Å². The number of alkyl halides is 5. The summed E-state index contributed by atoms with van der Waals surface area (Å²) in [6.07, 6.45) is -8.12. The van der Waals surface area contributed by atoms with E-state index >= 15 is 0 Å². The average molecular weight is 520 g/mol. The third-order valence-electron chi connectivity index (χ3n) is 5.80. The third-order valence-corrected chi connectivity index (χ3v) is 5.80. The number of aromatic amines is 1. The van der Waals surface area contributed by atoms with E-state index in [0.717, 1.165) is 11.0 Å². The summed E-state index contributed by atoms with van der Waals surface area (Å²) in [5, 5.41) is 0.289. The molecule has 1 saturated heterocycles. The second-order valence-electron chi connectivity index (χ2n) is 8.34. The zero-order valence-corrected chi connectivity index (χ0v) is 18.8. The number of imidazole rings is 1. The molecule has 0 spiro atoms. The van der Waals surface area contributed by atoms with Crippen LogP contribution < -0.4 is 9.47 Å². The number of carbonyl (C=O) groups is 2. The molecule has 8 nitrogen and oxygen atoms in total. The summed E-state index contributed by atoms with van der Waals surface area (Å²) >= 11 is 0. The van der Waals surface area contributed by atoms with E-state index in [4.69, 9.17) is 4.74 Å². The van der Waals surface area contributed by atoms with Gasteiger partial charge >= 0.3 is 12.1 Å². The number of carbonyl (C=O) groups excluding carboxylic acids is 2. The van der Waals surface area contributed by atoms with E-state index in [0.29, 0.717) is 11.0 Å². The lowest BCUT2D eigenvalue weighted by atomic mass is 10.0. The Hall–Kier alpha value is -4.29. The molecule has 1 atom stereocenters. The molecular formula is C24H17F5N4O4. The lowest BCUT2D eigenvalue weighted by Gasteiger charge is -2.37. The Morgan fingerprint density at radius 2 is 1.73 bits per heavy atom. The second-order valence-corrected chi connectivity index (χ2v) is 8.34. The standard InChI is InChI=1S/C24H17F5N4O4/c25-23(26)9-10-33(21(34)19-30-15-7-3-4-8-16(15)31-19)12-18(23)37-20-17(36-22(35)24(27,28)29)11-13-5-1-2-6-14(13)32-20/h1-8,11,18H,9-10,12H2,(H,30,31)/t18-/m0/s1. The van der Waals surface area contributed by atoms with Crippen molar-refractivity contribution in [2.45, 2.75) is 24.6 Å². The van der Waals surface area contributed by atoms with Crippen molar-refractivity contribution in [3.05, 3.63) is 60.4 Å². The molecule has 192 valence electrons. The Morgan fingerprint density at radius 3 is 2.46 bits per heavy atom. The van der Waals surface area contributed by atoms with Gasteiger partial charge in [-0.05, 0) is 24.3 Å². The molecule has 4 aromatic rings. The van der Waals surface area contributed by atoms with Gasteiger partial charge in [-0.3, -0.25) is 4.79 Å². The van der Waals surface area contributed by atoms with Crippen LogP contribution in [0.15, 0.2) is 54.6 Å². The van der Waals surface area contributed by atoms with Gasteiger partial charge in [0.05, 0.1) is 23.1 Å². The van der Waals surface area contributed by atoms with Gasteiger partial charge in [-0.15, -0.1) is 0 Å². The SMILES string of the molecule is O=C(c1nc2ccccc2[nH]1)N1CCC(F)(F)[C@@H](Oc2nc3ccccc3cc2OC(=O)C(F)(F)F)C1. The Kier molecular flexibility index (Phi) is 5.92. The molecule has 3 heterocycles. The number of halogens is 5. The van der Waals surface area contributed by atoms with Gasteiger partial charge < -0.3 is 19.4 Å². The highest BCUT2D eigenvalue weighted by molar-refractivity contribution is 5.94. The Labute approximate surface area is 205 Å². The van der Waals surface area contributed by atoms with Gasteiger partial charge in [0.25, 0.3) is 17.7 Å². The molecule has 1 N–H and O–H groups in total. The smallest absolute Gasteiger partial charge is 0.463 e. The van der Waals surface area contributed by atoms with Gasteiger partial charge in [-0.25, -0.2) is 23.5 Å². The highest BCUT2D eigenvalue weighted by Crippen LogP contribution is 2.37. The highest BCUT2D eigenvalue weighted by Gasteiger charge is 2.48. The first kappa shape index (κ1) is 24.4. The molecule has 1 amide bonds. The zero-order chi connectivity index (χ0) is 26.4. The minimum atomic E-state index is -5.34. The fraction of sp³-hybridized carbons (Fsp3) is 0.250. The van der Waals surface area contributed by atoms with Crippen LogP contribution in [0.4, 0.5) is 22.0 Å². The van der Waals surface area contributed by atoms with Crippen LogP contribution in [0.3, 0.4) is 0 Å². The molecule has 0 saturated carbocycles. The first-order chi connectivity index (χ1) is 17.5. The van der Waals surface area contributed by atoms with Crippen molar-refractivity contribution in [1.29, 1.82) is 0 Å². The van der Waals surface area contributed by atoms with Crippen LogP contribution in [0.1, 0.15) is 17.0 Å². The maximum absolute atomic E-state index is 14.9. The highest BCUT2D eigenvalue weighted by atomic mass is 19.4. The molecule has 37 heavy (non-hydrogen) atoms. The van der Waals surface area contributed by atoms with E-state index in [1.54, 1.807) is 36.4 Å². The first-order valence-electron chi connectivity index (χ1n) is 11.0. The van der Waals surface area contributed by atoms with Crippen LogP contribution in [-0.2, 0) is 4.79 Å². The quantitative estimate of drug-likeness (QED) is 0.314. The number of rotatable bonds is 4. The van der Waals surface area contributed by atoms with E-state index in [1.165, 1.54) is 12.1 Å². The molecule has 2 aromatic carbocycles. The number of para-hydroxylation sites is 3. The monoisotopic (exact) mass is 520 g/mol. The normalized spacial score (nSPS) is 17.6. The number of amides is 1. The number of benzene rings is 2. The molecule has 5 rings (SSSR count). The molecule has 13 heteroatoms. The number of nitrogens with one attached hydrogen (secondary N) is 1. The van der Waals surface area contributed by atoms with Gasteiger partial charge in [-0.1, -0.05) is 30.3 Å². The van der Waals surface area contributed by atoms with Crippen molar-refractivity contribution in [3.8, 4) is 11.6 Å². The van der Waals surface area contributed by atoms with Crippen LogP contribution in [0.5, 0.6) is 11.6 Å². The van der Waals surface area contributed by atoms with Crippen LogP contribution >= 0.6 is 0 Å². The summed E-state index contributed by atoms with van der Waals surface area (Å²) in [7, 11) is 0. The van der Waals surface area contributed by atoms with E-state index in [-0.39, 0.29) is 23.3 Å². The van der Waals surface area contributed by atoms with Crippen LogP contribution in [0, 0.1) is 0 Å². The van der Waals surface area contributed by atoms with Crippen molar-refractivity contribution >= 4 is 33.8 Å². The second kappa shape index (κ2) is 8.98. The maximum atomic E-state index is 14.9. The predicted molar refractivity (Wildman–Crippen MR) is 119 cm³/mol. The number of hydrogen-bond donors (Lipinski definition) is 1. The maximum Gasteiger partial charge on any atom is 0.491 e. The lowest BCUT2D eigenvalue weighted by Crippen LogP contribution is -2.55. The molecule has 0 aliphatic carbocycles. The number of fused-ring (bicyclic) bond motifs is 2. The molecule has 0 radical (unpaired) electrons. The minimum absolute atomic E-state index is 0.0613. The Bertz CT molecular complexity index is 1470. The summed E-state index contributed by atoms with van der Waals surface area (Å²) in [4.78, 5) is 36.6. The molecule has 0 unspecified atom stereocenters. The number of H-pyrrole nitrogens is 1. The van der Waals surface area contributed by atoms with Crippen molar-refractivity contribution in [2.24, 2.45) is 0 Å². The van der Waals surface area contributed by atoms with Gasteiger partial charge in [-0.2, -0.15) is 13.2 Å². The first-order valence-corrected chi connectivity index (χ1v) is 11.0.